The molecule has 0 spiro atoms. The molecule has 0 atom stereocenters. The van der Waals surface area contributed by atoms with E-state index in [1.165, 1.54) is 23.3 Å². The van der Waals surface area contributed by atoms with E-state index in [1.54, 1.807) is 34.4 Å². The van der Waals surface area contributed by atoms with Crippen molar-refractivity contribution in [2.24, 2.45) is 0 Å². The highest BCUT2D eigenvalue weighted by Crippen LogP contribution is 2.31. The van der Waals surface area contributed by atoms with E-state index in [0.29, 0.717) is 5.56 Å². The number of carbonyl (C=O) groups excluding carboxylic acids is 1. The Bertz CT molecular complexity index is 724. The number of benzene rings is 1. The molecule has 1 aromatic heterocycles. The highest BCUT2D eigenvalue weighted by molar-refractivity contribution is 7.08. The molecule has 0 aliphatic heterocycles. The second-order valence-electron chi connectivity index (χ2n) is 5.64. The van der Waals surface area contributed by atoms with Gasteiger partial charge >= 0.3 is 6.61 Å². The summed E-state index contributed by atoms with van der Waals surface area (Å²) in [4.78, 5) is 14.0. The number of amides is 1. The molecule has 0 radical (unpaired) electrons. The molecule has 2 aromatic rings. The summed E-state index contributed by atoms with van der Waals surface area (Å²) in [5, 5.41) is 4.19. The third kappa shape index (κ3) is 3.48. The number of thiophene rings is 1. The lowest BCUT2D eigenvalue weighted by Crippen LogP contribution is -2.39. The lowest BCUT2D eigenvalue weighted by Gasteiger charge is -2.29. The third-order valence-electron chi connectivity index (χ3n) is 4.17. The van der Waals surface area contributed by atoms with Gasteiger partial charge in [0, 0.05) is 18.2 Å². The highest BCUT2D eigenvalue weighted by atomic mass is 32.1. The molecule has 1 aliphatic rings. The molecule has 1 heterocycles. The van der Waals surface area contributed by atoms with Crippen LogP contribution in [0, 0.1) is 0 Å². The van der Waals surface area contributed by atoms with Crippen LogP contribution < -0.4 is 4.74 Å². The first-order valence-electron chi connectivity index (χ1n) is 7.58. The minimum absolute atomic E-state index is 0.00788. The van der Waals surface area contributed by atoms with E-state index >= 15 is 0 Å². The van der Waals surface area contributed by atoms with Crippen LogP contribution >= 0.6 is 11.3 Å². The molecule has 24 heavy (non-hydrogen) atoms. The van der Waals surface area contributed by atoms with Crippen molar-refractivity contribution in [2.45, 2.75) is 32.0 Å². The number of alkyl halides is 2. The Morgan fingerprint density at radius 1 is 1.33 bits per heavy atom. The molecule has 6 heteroatoms. The molecule has 1 aliphatic carbocycles. The molecule has 1 amide bonds. The number of fused-ring (bicyclic) bond motifs is 1. The van der Waals surface area contributed by atoms with Gasteiger partial charge in [-0.25, -0.2) is 0 Å². The Kier molecular flexibility index (Phi) is 4.94. The van der Waals surface area contributed by atoms with Gasteiger partial charge in [-0.2, -0.15) is 20.1 Å². The molecular weight excluding hydrogens is 332 g/mol. The maximum atomic E-state index is 12.6. The Morgan fingerprint density at radius 2 is 2.00 bits per heavy atom. The van der Waals surface area contributed by atoms with Crippen molar-refractivity contribution in [2.75, 3.05) is 0 Å². The Labute approximate surface area is 143 Å². The second kappa shape index (κ2) is 7.13. The number of halogens is 2. The van der Waals surface area contributed by atoms with Gasteiger partial charge in [-0.1, -0.05) is 24.8 Å². The zero-order valence-electron chi connectivity index (χ0n) is 13.0. The van der Waals surface area contributed by atoms with Gasteiger partial charge in [0.25, 0.3) is 0 Å². The fraction of sp³-hybridized carbons (Fsp3) is 0.278. The summed E-state index contributed by atoms with van der Waals surface area (Å²) < 4.78 is 29.7. The summed E-state index contributed by atoms with van der Waals surface area (Å²) in [6, 6.07) is 6.57. The summed E-state index contributed by atoms with van der Waals surface area (Å²) in [5.41, 5.74) is 3.07. The van der Waals surface area contributed by atoms with Gasteiger partial charge in [-0.3, -0.25) is 4.79 Å². The third-order valence-corrected chi connectivity index (χ3v) is 5.01. The molecule has 3 nitrogen and oxygen atoms in total. The maximum absolute atomic E-state index is 12.6. The summed E-state index contributed by atoms with van der Waals surface area (Å²) in [7, 11) is 0. The average molecular weight is 349 g/mol. The van der Waals surface area contributed by atoms with Crippen molar-refractivity contribution >= 4 is 17.2 Å². The predicted molar refractivity (Wildman–Crippen MR) is 89.3 cm³/mol. The van der Waals surface area contributed by atoms with Crippen LogP contribution in [0.1, 0.15) is 16.7 Å². The molecular formula is C18H17F2NO2S. The van der Waals surface area contributed by atoms with Gasteiger partial charge in [-0.05, 0) is 46.9 Å². The van der Waals surface area contributed by atoms with Gasteiger partial charge < -0.3 is 9.64 Å². The number of para-hydroxylation sites is 1. The molecule has 3 rings (SSSR count). The fourth-order valence-corrected chi connectivity index (χ4v) is 3.93. The minimum atomic E-state index is -2.90. The van der Waals surface area contributed by atoms with E-state index in [0.717, 1.165) is 12.8 Å². The van der Waals surface area contributed by atoms with E-state index in [-0.39, 0.29) is 24.2 Å². The SMILES string of the molecule is C=CC(=O)N(Cc1ccccc1OC(F)F)C1Cc2cscc2C1. The van der Waals surface area contributed by atoms with Crippen LogP contribution in [0.25, 0.3) is 0 Å². The predicted octanol–water partition coefficient (Wildman–Crippen LogP) is 4.03. The van der Waals surface area contributed by atoms with Crippen LogP contribution in [-0.2, 0) is 24.2 Å². The van der Waals surface area contributed by atoms with Crippen LogP contribution in [0.5, 0.6) is 5.75 Å². The Morgan fingerprint density at radius 3 is 2.62 bits per heavy atom. The fourth-order valence-electron chi connectivity index (χ4n) is 3.04. The summed E-state index contributed by atoms with van der Waals surface area (Å²) in [6.45, 7) is 0.881. The summed E-state index contributed by atoms with van der Waals surface area (Å²) in [5.74, 6) is -0.109. The number of rotatable bonds is 6. The van der Waals surface area contributed by atoms with E-state index in [1.807, 2.05) is 0 Å². The molecule has 0 saturated heterocycles. The number of carbonyl (C=O) groups is 1. The van der Waals surface area contributed by atoms with Crippen LogP contribution in [-0.4, -0.2) is 23.5 Å². The average Bonchev–Trinajstić information content (AvgIpc) is 3.14. The molecule has 0 unspecified atom stereocenters. The van der Waals surface area contributed by atoms with Gasteiger partial charge in [-0.15, -0.1) is 0 Å². The zero-order valence-corrected chi connectivity index (χ0v) is 13.8. The zero-order chi connectivity index (χ0) is 17.1. The van der Waals surface area contributed by atoms with Gasteiger partial charge in [0.1, 0.15) is 5.75 Å². The van der Waals surface area contributed by atoms with Gasteiger partial charge in [0.15, 0.2) is 0 Å². The van der Waals surface area contributed by atoms with Crippen LogP contribution in [0.2, 0.25) is 0 Å². The van der Waals surface area contributed by atoms with Gasteiger partial charge in [0.2, 0.25) is 5.91 Å². The lowest BCUT2D eigenvalue weighted by molar-refractivity contribution is -0.128. The van der Waals surface area contributed by atoms with Crippen molar-refractivity contribution < 1.29 is 18.3 Å². The van der Waals surface area contributed by atoms with E-state index in [2.05, 4.69) is 22.1 Å². The number of hydrogen-bond donors (Lipinski definition) is 0. The molecule has 126 valence electrons. The largest absolute Gasteiger partial charge is 0.434 e. The molecule has 0 saturated carbocycles. The molecule has 0 fully saturated rings. The normalized spacial score (nSPS) is 13.8. The standard InChI is InChI=1S/C18H17F2NO2S/c1-2-17(22)21(15-7-13-10-24-11-14(13)8-15)9-12-5-3-4-6-16(12)23-18(19)20/h2-6,10-11,15,18H,1,7-9H2. The summed E-state index contributed by atoms with van der Waals surface area (Å²) in [6.07, 6.45) is 2.81. The van der Waals surface area contributed by atoms with Crippen LogP contribution in [0.3, 0.4) is 0 Å². The number of hydrogen-bond acceptors (Lipinski definition) is 3. The first-order chi connectivity index (χ1) is 11.6. The Balaban J connectivity index is 1.82. The number of ether oxygens (including phenoxy) is 1. The van der Waals surface area contributed by atoms with Crippen molar-refractivity contribution in [3.8, 4) is 5.75 Å². The Hall–Kier alpha value is -2.21. The minimum Gasteiger partial charge on any atom is -0.434 e. The molecule has 0 bridgehead atoms. The first-order valence-corrected chi connectivity index (χ1v) is 8.52. The van der Waals surface area contributed by atoms with E-state index in [4.69, 9.17) is 0 Å². The maximum Gasteiger partial charge on any atom is 0.387 e. The smallest absolute Gasteiger partial charge is 0.387 e. The highest BCUT2D eigenvalue weighted by Gasteiger charge is 2.30. The second-order valence-corrected chi connectivity index (χ2v) is 6.38. The molecule has 1 aromatic carbocycles. The van der Waals surface area contributed by atoms with Crippen molar-refractivity contribution in [3.63, 3.8) is 0 Å². The van der Waals surface area contributed by atoms with E-state index in [9.17, 15) is 13.6 Å². The quantitative estimate of drug-likeness (QED) is 0.737. The van der Waals surface area contributed by atoms with Crippen molar-refractivity contribution in [1.82, 2.24) is 4.90 Å². The summed E-state index contributed by atoms with van der Waals surface area (Å²) >= 11 is 1.66. The van der Waals surface area contributed by atoms with E-state index < -0.39 is 6.61 Å². The number of nitrogens with zero attached hydrogens (tertiary/aromatic N) is 1. The van der Waals surface area contributed by atoms with Crippen molar-refractivity contribution in [1.29, 1.82) is 0 Å². The first kappa shape index (κ1) is 16.6. The monoisotopic (exact) mass is 349 g/mol. The van der Waals surface area contributed by atoms with Gasteiger partial charge in [0.05, 0.1) is 0 Å². The topological polar surface area (TPSA) is 29.5 Å². The van der Waals surface area contributed by atoms with Crippen LogP contribution in [0.15, 0.2) is 47.7 Å². The lowest BCUT2D eigenvalue weighted by atomic mass is 10.1. The van der Waals surface area contributed by atoms with Crippen LogP contribution in [0.4, 0.5) is 8.78 Å². The molecule has 0 N–H and O–H groups in total. The van der Waals surface area contributed by atoms with Crippen molar-refractivity contribution in [3.05, 3.63) is 64.4 Å².